The van der Waals surface area contributed by atoms with Crippen LogP contribution in [0.3, 0.4) is 0 Å². The Balaban J connectivity index is 1.44. The minimum Gasteiger partial charge on any atom is -0.495 e. The van der Waals surface area contributed by atoms with Crippen LogP contribution < -0.4 is 15.8 Å². The van der Waals surface area contributed by atoms with Crippen LogP contribution >= 0.6 is 11.8 Å². The van der Waals surface area contributed by atoms with Gasteiger partial charge in [-0.2, -0.15) is 15.0 Å². The second-order valence-electron chi connectivity index (χ2n) is 6.33. The molecule has 0 saturated carbocycles. The molecule has 29 heavy (non-hydrogen) atoms. The quantitative estimate of drug-likeness (QED) is 0.519. The van der Waals surface area contributed by atoms with E-state index in [1.54, 1.807) is 11.8 Å². The number of rotatable bonds is 8. The Hall–Kier alpha value is -2.99. The number of aromatic nitrogens is 7. The van der Waals surface area contributed by atoms with E-state index in [1.165, 1.54) is 11.8 Å². The summed E-state index contributed by atoms with van der Waals surface area (Å²) in [5, 5.41) is 15.7. The number of nitrogen functional groups attached to an aromatic ring is 1. The molecule has 0 radical (unpaired) electrons. The zero-order valence-electron chi connectivity index (χ0n) is 15.9. The number of ether oxygens (including phenoxy) is 2. The first kappa shape index (κ1) is 19.3. The first-order valence-corrected chi connectivity index (χ1v) is 10.1. The Labute approximate surface area is 171 Å². The lowest BCUT2D eigenvalue weighted by molar-refractivity contribution is 0.0912. The van der Waals surface area contributed by atoms with Gasteiger partial charge in [0.15, 0.2) is 0 Å². The van der Waals surface area contributed by atoms with Gasteiger partial charge in [-0.3, -0.25) is 0 Å². The highest BCUT2D eigenvalue weighted by Crippen LogP contribution is 2.26. The van der Waals surface area contributed by atoms with Crippen molar-refractivity contribution in [3.05, 3.63) is 30.1 Å². The van der Waals surface area contributed by atoms with Crippen LogP contribution in [0.15, 0.2) is 29.4 Å². The molecule has 3 heterocycles. The standard InChI is InChI=1S/C17H21N9O2S/c1-27-13-7-3-2-6-12(13)19-16-21-14(20-15(18)22-16)10-29-17-23-24-25-26(17)9-11-5-4-8-28-11/h2-3,6-7,11H,4-5,8-10H2,1H3,(H3,18,19,20,21,22)/t11-/m0/s1. The molecule has 1 fully saturated rings. The van der Waals surface area contributed by atoms with E-state index in [2.05, 4.69) is 35.8 Å². The topological polar surface area (TPSA) is 139 Å². The number of tetrazole rings is 1. The number of hydrogen-bond donors (Lipinski definition) is 2. The molecule has 0 spiro atoms. The first-order valence-electron chi connectivity index (χ1n) is 9.12. The lowest BCUT2D eigenvalue weighted by Gasteiger charge is -2.11. The van der Waals surface area contributed by atoms with E-state index in [0.717, 1.165) is 25.1 Å². The maximum atomic E-state index is 5.87. The third kappa shape index (κ3) is 4.90. The van der Waals surface area contributed by atoms with Gasteiger partial charge >= 0.3 is 0 Å². The number of benzene rings is 1. The Morgan fingerprint density at radius 2 is 2.21 bits per heavy atom. The van der Waals surface area contributed by atoms with Gasteiger partial charge in [-0.25, -0.2) is 4.68 Å². The van der Waals surface area contributed by atoms with Gasteiger partial charge in [0.1, 0.15) is 11.6 Å². The summed E-state index contributed by atoms with van der Waals surface area (Å²) < 4.78 is 12.7. The van der Waals surface area contributed by atoms with Crippen molar-refractivity contribution in [3.63, 3.8) is 0 Å². The highest BCUT2D eigenvalue weighted by molar-refractivity contribution is 7.98. The van der Waals surface area contributed by atoms with Crippen molar-refractivity contribution in [3.8, 4) is 5.75 Å². The minimum absolute atomic E-state index is 0.131. The van der Waals surface area contributed by atoms with E-state index in [4.69, 9.17) is 15.2 Å². The van der Waals surface area contributed by atoms with E-state index in [0.29, 0.717) is 35.0 Å². The molecule has 4 rings (SSSR count). The second-order valence-corrected chi connectivity index (χ2v) is 7.27. The Kier molecular flexibility index (Phi) is 6.00. The maximum absolute atomic E-state index is 5.87. The summed E-state index contributed by atoms with van der Waals surface area (Å²) in [7, 11) is 1.60. The predicted octanol–water partition coefficient (Wildman–Crippen LogP) is 1.66. The molecule has 1 saturated heterocycles. The Morgan fingerprint density at radius 3 is 3.03 bits per heavy atom. The summed E-state index contributed by atoms with van der Waals surface area (Å²) in [5.74, 6) is 2.12. The summed E-state index contributed by atoms with van der Waals surface area (Å²) in [6, 6.07) is 7.48. The van der Waals surface area contributed by atoms with Crippen LogP contribution in [0.5, 0.6) is 5.75 Å². The lowest BCUT2D eigenvalue weighted by atomic mass is 10.2. The molecule has 1 aromatic carbocycles. The first-order chi connectivity index (χ1) is 14.2. The normalized spacial score (nSPS) is 16.1. The average molecular weight is 415 g/mol. The fourth-order valence-electron chi connectivity index (χ4n) is 2.95. The van der Waals surface area contributed by atoms with Crippen molar-refractivity contribution in [1.82, 2.24) is 35.2 Å². The number of methoxy groups -OCH3 is 1. The molecule has 0 bridgehead atoms. The molecule has 1 atom stereocenters. The van der Waals surface area contributed by atoms with Crippen LogP contribution in [0.1, 0.15) is 18.7 Å². The monoisotopic (exact) mass is 415 g/mol. The molecular weight excluding hydrogens is 394 g/mol. The number of hydrogen-bond acceptors (Lipinski definition) is 11. The highest BCUT2D eigenvalue weighted by Gasteiger charge is 2.19. The van der Waals surface area contributed by atoms with E-state index in [1.807, 2.05) is 24.3 Å². The van der Waals surface area contributed by atoms with Crippen LogP contribution in [0.4, 0.5) is 17.6 Å². The van der Waals surface area contributed by atoms with Gasteiger partial charge < -0.3 is 20.5 Å². The van der Waals surface area contributed by atoms with Crippen molar-refractivity contribution < 1.29 is 9.47 Å². The van der Waals surface area contributed by atoms with Gasteiger partial charge in [0.2, 0.25) is 17.1 Å². The second kappa shape index (κ2) is 9.01. The molecule has 11 nitrogen and oxygen atoms in total. The van der Waals surface area contributed by atoms with Crippen LogP contribution in [-0.4, -0.2) is 55.0 Å². The smallest absolute Gasteiger partial charge is 0.232 e. The van der Waals surface area contributed by atoms with Gasteiger partial charge in [0.25, 0.3) is 0 Å². The van der Waals surface area contributed by atoms with Crippen LogP contribution in [-0.2, 0) is 17.0 Å². The Bertz CT molecular complexity index is 962. The summed E-state index contributed by atoms with van der Waals surface area (Å²) in [5.41, 5.74) is 6.60. The fourth-order valence-corrected chi connectivity index (χ4v) is 3.69. The number of nitrogens with two attached hydrogens (primary N) is 1. The van der Waals surface area contributed by atoms with Crippen molar-refractivity contribution in [1.29, 1.82) is 0 Å². The van der Waals surface area contributed by atoms with Crippen molar-refractivity contribution in [2.24, 2.45) is 0 Å². The van der Waals surface area contributed by atoms with Crippen molar-refractivity contribution in [2.75, 3.05) is 24.8 Å². The number of anilines is 3. The van der Waals surface area contributed by atoms with Gasteiger partial charge in [-0.1, -0.05) is 23.9 Å². The lowest BCUT2D eigenvalue weighted by Crippen LogP contribution is -2.17. The molecule has 3 N–H and O–H groups in total. The summed E-state index contributed by atoms with van der Waals surface area (Å²) in [4.78, 5) is 12.8. The zero-order valence-corrected chi connectivity index (χ0v) is 16.7. The summed E-state index contributed by atoms with van der Waals surface area (Å²) >= 11 is 1.43. The molecule has 12 heteroatoms. The number of thioether (sulfide) groups is 1. The van der Waals surface area contributed by atoms with E-state index in [-0.39, 0.29) is 12.1 Å². The van der Waals surface area contributed by atoms with E-state index < -0.39 is 0 Å². The zero-order chi connectivity index (χ0) is 20.1. The van der Waals surface area contributed by atoms with Gasteiger partial charge in [-0.05, 0) is 35.4 Å². The average Bonchev–Trinajstić information content (AvgIpc) is 3.39. The van der Waals surface area contributed by atoms with Gasteiger partial charge in [0, 0.05) is 6.61 Å². The van der Waals surface area contributed by atoms with Crippen molar-refractivity contribution in [2.45, 2.75) is 36.4 Å². The van der Waals surface area contributed by atoms with E-state index in [9.17, 15) is 0 Å². The molecule has 1 aliphatic heterocycles. The maximum Gasteiger partial charge on any atom is 0.232 e. The van der Waals surface area contributed by atoms with Gasteiger partial charge in [0.05, 0.1) is 31.2 Å². The number of para-hydroxylation sites is 2. The van der Waals surface area contributed by atoms with Crippen LogP contribution in [0.25, 0.3) is 0 Å². The third-order valence-electron chi connectivity index (χ3n) is 4.28. The van der Waals surface area contributed by atoms with Crippen molar-refractivity contribution >= 4 is 29.3 Å². The summed E-state index contributed by atoms with van der Waals surface area (Å²) in [6.45, 7) is 1.43. The molecule has 0 amide bonds. The molecular formula is C17H21N9O2S. The predicted molar refractivity (Wildman–Crippen MR) is 107 cm³/mol. The largest absolute Gasteiger partial charge is 0.495 e. The fraction of sp³-hybridized carbons (Fsp3) is 0.412. The number of nitrogens with zero attached hydrogens (tertiary/aromatic N) is 7. The number of nitrogens with one attached hydrogen (secondary N) is 1. The molecule has 0 unspecified atom stereocenters. The molecule has 2 aromatic heterocycles. The minimum atomic E-state index is 0.131. The molecule has 3 aromatic rings. The van der Waals surface area contributed by atoms with Crippen LogP contribution in [0, 0.1) is 0 Å². The Morgan fingerprint density at radius 1 is 1.31 bits per heavy atom. The SMILES string of the molecule is COc1ccccc1Nc1nc(N)nc(CSc2nnnn2C[C@@H]2CCCO2)n1. The van der Waals surface area contributed by atoms with Crippen LogP contribution in [0.2, 0.25) is 0 Å². The van der Waals surface area contributed by atoms with E-state index >= 15 is 0 Å². The molecule has 152 valence electrons. The molecule has 1 aliphatic rings. The molecule has 0 aliphatic carbocycles. The highest BCUT2D eigenvalue weighted by atomic mass is 32.2. The van der Waals surface area contributed by atoms with Gasteiger partial charge in [-0.15, -0.1) is 5.10 Å². The summed E-state index contributed by atoms with van der Waals surface area (Å²) in [6.07, 6.45) is 2.25. The third-order valence-corrected chi connectivity index (χ3v) is 5.24.